The SMILES string of the molecule is CC(=O)O[C@H](C[C@H](C(C)C)N(C)C(=O)OC(C)(C)C)c1nc(C(=O)O)cs1.Cc1csc([C@@H](C[C@H](C(C)C)N(C)C(=O)OC(C)(C)C)OC(=O)CC(C)C)n1. The van der Waals surface area contributed by atoms with Crippen LogP contribution < -0.4 is 0 Å². The lowest BCUT2D eigenvalue weighted by Crippen LogP contribution is -2.44. The Hall–Kier alpha value is -3.79. The molecule has 2 amide bonds. The van der Waals surface area contributed by atoms with Gasteiger partial charge in [-0.2, -0.15) is 0 Å². The van der Waals surface area contributed by atoms with Crippen LogP contribution >= 0.6 is 22.7 Å². The number of carboxylic acid groups (broad SMARTS) is 1. The van der Waals surface area contributed by atoms with Crippen molar-refractivity contribution in [3.8, 4) is 0 Å². The Morgan fingerprint density at radius 2 is 1.15 bits per heavy atom. The zero-order valence-corrected chi connectivity index (χ0v) is 37.2. The number of rotatable bonds is 15. The molecule has 2 aromatic heterocycles. The highest BCUT2D eigenvalue weighted by Crippen LogP contribution is 2.32. The Bertz CT molecular complexity index is 1560. The number of amides is 2. The lowest BCUT2D eigenvalue weighted by Gasteiger charge is -2.34. The normalized spacial score (nSPS) is 13.9. The molecule has 0 saturated heterocycles. The number of hydrogen-bond acceptors (Lipinski definition) is 13. The van der Waals surface area contributed by atoms with Crippen LogP contribution in [-0.2, 0) is 28.5 Å². The highest BCUT2D eigenvalue weighted by atomic mass is 32.1. The summed E-state index contributed by atoms with van der Waals surface area (Å²) in [5.74, 6) is -1.48. The number of carbonyl (C=O) groups excluding carboxylic acids is 4. The van der Waals surface area contributed by atoms with Gasteiger partial charge in [0.2, 0.25) is 0 Å². The molecule has 55 heavy (non-hydrogen) atoms. The summed E-state index contributed by atoms with van der Waals surface area (Å²) < 4.78 is 22.1. The summed E-state index contributed by atoms with van der Waals surface area (Å²) in [6, 6.07) is -0.461. The van der Waals surface area contributed by atoms with Crippen molar-refractivity contribution >= 4 is 52.8 Å². The number of carbonyl (C=O) groups is 5. The molecule has 0 unspecified atom stereocenters. The van der Waals surface area contributed by atoms with Crippen molar-refractivity contribution in [1.29, 1.82) is 0 Å². The molecule has 0 fully saturated rings. The first-order valence-corrected chi connectivity index (χ1v) is 20.3. The molecular weight excluding hydrogens is 749 g/mol. The minimum atomic E-state index is -1.15. The molecule has 2 aromatic rings. The fraction of sp³-hybridized carbons (Fsp3) is 0.718. The van der Waals surface area contributed by atoms with E-state index in [1.54, 1.807) is 39.8 Å². The van der Waals surface area contributed by atoms with Gasteiger partial charge in [-0.15, -0.1) is 22.7 Å². The maximum absolute atomic E-state index is 12.6. The molecule has 0 bridgehead atoms. The summed E-state index contributed by atoms with van der Waals surface area (Å²) in [5, 5.41) is 13.6. The van der Waals surface area contributed by atoms with Crippen LogP contribution in [0.4, 0.5) is 9.59 Å². The Kier molecular flexibility index (Phi) is 19.2. The molecule has 2 heterocycles. The second kappa shape index (κ2) is 21.5. The molecule has 0 saturated carbocycles. The van der Waals surface area contributed by atoms with Gasteiger partial charge in [0.25, 0.3) is 0 Å². The van der Waals surface area contributed by atoms with Crippen LogP contribution in [0.1, 0.15) is 148 Å². The van der Waals surface area contributed by atoms with Crippen LogP contribution in [0.15, 0.2) is 10.8 Å². The van der Waals surface area contributed by atoms with E-state index in [9.17, 15) is 24.0 Å². The lowest BCUT2D eigenvalue weighted by atomic mass is 9.96. The number of esters is 2. The van der Waals surface area contributed by atoms with Crippen LogP contribution in [-0.4, -0.2) is 92.3 Å². The molecule has 312 valence electrons. The standard InChI is InChI=1S/C21H36N2O4S.C18H28N2O6S/c1-13(2)10-18(24)26-17(19-22-15(5)12-28-19)11-16(14(3)4)23(9)20(25)27-21(6,7)8;1-10(2)13(20(7)17(24)26-18(4,5)6)8-14(25-11(3)21)15-19-12(9-27-15)16(22)23/h12-14,16-17H,10-11H2,1-9H3;9-10,13-14H,8H2,1-7H3,(H,22,23)/t16-,17-;13-,14-/m11/s1. The van der Waals surface area contributed by atoms with Gasteiger partial charge in [-0.1, -0.05) is 41.5 Å². The summed E-state index contributed by atoms with van der Waals surface area (Å²) in [5.41, 5.74) is -0.406. The predicted octanol–water partition coefficient (Wildman–Crippen LogP) is 9.09. The first-order valence-electron chi connectivity index (χ1n) is 18.5. The third-order valence-electron chi connectivity index (χ3n) is 7.89. The van der Waals surface area contributed by atoms with Crippen molar-refractivity contribution in [2.24, 2.45) is 17.8 Å². The molecule has 0 aromatic carbocycles. The molecule has 0 spiro atoms. The molecular formula is C39H64N4O10S2. The highest BCUT2D eigenvalue weighted by molar-refractivity contribution is 7.10. The van der Waals surface area contributed by atoms with Crippen molar-refractivity contribution in [1.82, 2.24) is 19.8 Å². The van der Waals surface area contributed by atoms with Gasteiger partial charge in [0.15, 0.2) is 17.9 Å². The van der Waals surface area contributed by atoms with Crippen LogP contribution in [0.3, 0.4) is 0 Å². The van der Waals surface area contributed by atoms with Crippen molar-refractivity contribution in [3.05, 3.63) is 32.2 Å². The highest BCUT2D eigenvalue weighted by Gasteiger charge is 2.34. The topological polar surface area (TPSA) is 175 Å². The number of aromatic carboxylic acids is 1. The zero-order chi connectivity index (χ0) is 42.6. The summed E-state index contributed by atoms with van der Waals surface area (Å²) in [4.78, 5) is 71.7. The van der Waals surface area contributed by atoms with E-state index in [1.165, 1.54) is 28.5 Å². The second-order valence-electron chi connectivity index (χ2n) is 16.7. The Morgan fingerprint density at radius 3 is 1.47 bits per heavy atom. The summed E-state index contributed by atoms with van der Waals surface area (Å²) in [6.07, 6.45) is -0.985. The van der Waals surface area contributed by atoms with E-state index in [-0.39, 0.29) is 54.0 Å². The molecule has 14 nitrogen and oxygen atoms in total. The second-order valence-corrected chi connectivity index (χ2v) is 18.4. The first kappa shape index (κ1) is 49.2. The van der Waals surface area contributed by atoms with Gasteiger partial charge >= 0.3 is 30.1 Å². The molecule has 0 aliphatic rings. The zero-order valence-electron chi connectivity index (χ0n) is 35.5. The van der Waals surface area contributed by atoms with Crippen LogP contribution in [0.25, 0.3) is 0 Å². The monoisotopic (exact) mass is 812 g/mol. The molecule has 4 atom stereocenters. The van der Waals surface area contributed by atoms with Gasteiger partial charge in [0.1, 0.15) is 21.2 Å². The number of carboxylic acids is 1. The maximum atomic E-state index is 12.6. The van der Waals surface area contributed by atoms with Crippen molar-refractivity contribution in [2.45, 2.75) is 152 Å². The van der Waals surface area contributed by atoms with Crippen molar-refractivity contribution in [2.75, 3.05) is 14.1 Å². The quantitative estimate of drug-likeness (QED) is 0.134. The van der Waals surface area contributed by atoms with E-state index in [2.05, 4.69) is 9.97 Å². The fourth-order valence-corrected chi connectivity index (χ4v) is 7.00. The summed E-state index contributed by atoms with van der Waals surface area (Å²) in [6.45, 7) is 26.0. The Labute approximate surface area is 335 Å². The van der Waals surface area contributed by atoms with E-state index in [0.717, 1.165) is 22.0 Å². The smallest absolute Gasteiger partial charge is 0.410 e. The minimum absolute atomic E-state index is 0.0412. The number of ether oxygens (including phenoxy) is 4. The lowest BCUT2D eigenvalue weighted by molar-refractivity contribution is -0.151. The number of hydrogen-bond donors (Lipinski definition) is 1. The Balaban J connectivity index is 0.000000550. The average molecular weight is 813 g/mol. The van der Waals surface area contributed by atoms with Crippen LogP contribution in [0.5, 0.6) is 0 Å². The molecule has 0 aliphatic heterocycles. The molecule has 0 aliphatic carbocycles. The fourth-order valence-electron chi connectivity index (χ4n) is 5.33. The predicted molar refractivity (Wildman–Crippen MR) is 213 cm³/mol. The van der Waals surface area contributed by atoms with E-state index >= 15 is 0 Å². The number of aryl methyl sites for hydroxylation is 1. The van der Waals surface area contributed by atoms with E-state index in [0.29, 0.717) is 17.8 Å². The van der Waals surface area contributed by atoms with Crippen molar-refractivity contribution < 1.29 is 48.0 Å². The van der Waals surface area contributed by atoms with Crippen molar-refractivity contribution in [3.63, 3.8) is 0 Å². The van der Waals surface area contributed by atoms with Gasteiger partial charge in [0, 0.05) is 68.8 Å². The Morgan fingerprint density at radius 1 is 0.727 bits per heavy atom. The summed E-state index contributed by atoms with van der Waals surface area (Å²) in [7, 11) is 3.37. The van der Waals surface area contributed by atoms with Crippen LogP contribution in [0, 0.1) is 24.7 Å². The van der Waals surface area contributed by atoms with Gasteiger partial charge in [0.05, 0.1) is 0 Å². The van der Waals surface area contributed by atoms with E-state index in [4.69, 9.17) is 24.1 Å². The maximum Gasteiger partial charge on any atom is 0.410 e. The van der Waals surface area contributed by atoms with Gasteiger partial charge < -0.3 is 33.9 Å². The van der Waals surface area contributed by atoms with Gasteiger partial charge in [-0.3, -0.25) is 9.59 Å². The number of nitrogens with zero attached hydrogens (tertiary/aromatic N) is 4. The van der Waals surface area contributed by atoms with E-state index in [1.807, 2.05) is 74.6 Å². The molecule has 0 radical (unpaired) electrons. The average Bonchev–Trinajstić information content (AvgIpc) is 3.68. The summed E-state index contributed by atoms with van der Waals surface area (Å²) >= 11 is 2.59. The molecule has 16 heteroatoms. The first-order chi connectivity index (χ1) is 25.1. The van der Waals surface area contributed by atoms with Crippen LogP contribution in [0.2, 0.25) is 0 Å². The third-order valence-corrected chi connectivity index (χ3v) is 9.89. The molecule has 2 rings (SSSR count). The number of thiazole rings is 2. The van der Waals surface area contributed by atoms with Gasteiger partial charge in [-0.25, -0.2) is 24.4 Å². The molecule has 1 N–H and O–H groups in total. The minimum Gasteiger partial charge on any atom is -0.476 e. The third kappa shape index (κ3) is 18.1. The van der Waals surface area contributed by atoms with Gasteiger partial charge in [-0.05, 0) is 66.2 Å². The van der Waals surface area contributed by atoms with E-state index < -0.39 is 41.4 Å². The number of aromatic nitrogens is 2. The largest absolute Gasteiger partial charge is 0.476 e.